The maximum atomic E-state index is 10.4. The molecule has 0 saturated carbocycles. The molecule has 2 N–H and O–H groups in total. The lowest BCUT2D eigenvalue weighted by molar-refractivity contribution is -0.136. The molecular weight excluding hydrogens is 190 g/mol. The van der Waals surface area contributed by atoms with Crippen LogP contribution < -0.4 is 5.32 Å². The summed E-state index contributed by atoms with van der Waals surface area (Å²) in [5, 5.41) is 11.5. The Morgan fingerprint density at radius 1 is 1.47 bits per heavy atom. The van der Waals surface area contributed by atoms with Crippen LogP contribution in [0, 0.1) is 13.8 Å². The smallest absolute Gasteiger partial charge is 0.317 e. The van der Waals surface area contributed by atoms with E-state index in [9.17, 15) is 4.79 Å². The highest BCUT2D eigenvalue weighted by atomic mass is 16.4. The third-order valence-corrected chi connectivity index (χ3v) is 2.45. The maximum absolute atomic E-state index is 10.4. The predicted molar refractivity (Wildman–Crippen MR) is 60.0 cm³/mol. The summed E-state index contributed by atoms with van der Waals surface area (Å²) in [5.74, 6) is -0.827. The Bertz CT molecular complexity index is 361. The van der Waals surface area contributed by atoms with Crippen LogP contribution in [-0.4, -0.2) is 17.6 Å². The van der Waals surface area contributed by atoms with Crippen molar-refractivity contribution >= 4 is 5.97 Å². The van der Waals surface area contributed by atoms with E-state index < -0.39 is 5.97 Å². The van der Waals surface area contributed by atoms with Crippen LogP contribution in [-0.2, 0) is 4.79 Å². The van der Waals surface area contributed by atoms with E-state index in [-0.39, 0.29) is 12.6 Å². The van der Waals surface area contributed by atoms with Crippen LogP contribution in [0.4, 0.5) is 0 Å². The van der Waals surface area contributed by atoms with Crippen molar-refractivity contribution in [3.8, 4) is 0 Å². The Labute approximate surface area is 90.1 Å². The molecule has 0 aromatic heterocycles. The molecule has 0 aliphatic carbocycles. The summed E-state index contributed by atoms with van der Waals surface area (Å²) in [4.78, 5) is 10.4. The van der Waals surface area contributed by atoms with Crippen LogP contribution in [0.25, 0.3) is 0 Å². The molecule has 3 heteroatoms. The van der Waals surface area contributed by atoms with E-state index in [1.165, 1.54) is 11.1 Å². The molecule has 0 aliphatic heterocycles. The molecule has 0 heterocycles. The van der Waals surface area contributed by atoms with Crippen molar-refractivity contribution in [1.29, 1.82) is 0 Å². The molecule has 0 spiro atoms. The second-order valence-electron chi connectivity index (χ2n) is 3.86. The Balaban J connectivity index is 2.73. The zero-order chi connectivity index (χ0) is 11.4. The van der Waals surface area contributed by atoms with Gasteiger partial charge in [-0.25, -0.2) is 0 Å². The zero-order valence-electron chi connectivity index (χ0n) is 9.37. The van der Waals surface area contributed by atoms with E-state index in [0.717, 1.165) is 5.56 Å². The highest BCUT2D eigenvalue weighted by molar-refractivity contribution is 5.69. The van der Waals surface area contributed by atoms with Gasteiger partial charge < -0.3 is 10.4 Å². The number of aryl methyl sites for hydroxylation is 2. The predicted octanol–water partition coefficient (Wildman–Crippen LogP) is 2.04. The van der Waals surface area contributed by atoms with Crippen molar-refractivity contribution in [2.24, 2.45) is 0 Å². The summed E-state index contributed by atoms with van der Waals surface area (Å²) < 4.78 is 0. The van der Waals surface area contributed by atoms with Crippen LogP contribution >= 0.6 is 0 Å². The molecule has 0 radical (unpaired) electrons. The molecule has 3 nitrogen and oxygen atoms in total. The fraction of sp³-hybridized carbons (Fsp3) is 0.417. The van der Waals surface area contributed by atoms with Crippen LogP contribution in [0.2, 0.25) is 0 Å². The molecule has 1 unspecified atom stereocenters. The maximum Gasteiger partial charge on any atom is 0.317 e. The molecule has 1 atom stereocenters. The molecular formula is C12H17NO2. The first-order valence-electron chi connectivity index (χ1n) is 5.03. The standard InChI is InChI=1S/C12H17NO2/c1-8-4-5-11(9(2)6-8)10(3)13-7-12(14)15/h4-6,10,13H,7H2,1-3H3,(H,14,15). The van der Waals surface area contributed by atoms with E-state index in [2.05, 4.69) is 11.4 Å². The lowest BCUT2D eigenvalue weighted by Crippen LogP contribution is -2.26. The summed E-state index contributed by atoms with van der Waals surface area (Å²) in [5.41, 5.74) is 3.57. The van der Waals surface area contributed by atoms with Gasteiger partial charge in [-0.2, -0.15) is 0 Å². The average molecular weight is 207 g/mol. The Kier molecular flexibility index (Phi) is 3.86. The summed E-state index contributed by atoms with van der Waals surface area (Å²) in [6, 6.07) is 6.27. The van der Waals surface area contributed by atoms with Crippen LogP contribution in [0.15, 0.2) is 18.2 Å². The minimum absolute atomic E-state index is 0.00547. The fourth-order valence-corrected chi connectivity index (χ4v) is 1.66. The first-order chi connectivity index (χ1) is 7.00. The van der Waals surface area contributed by atoms with Gasteiger partial charge in [0.15, 0.2) is 0 Å². The van der Waals surface area contributed by atoms with Gasteiger partial charge in [-0.05, 0) is 31.9 Å². The van der Waals surface area contributed by atoms with Crippen LogP contribution in [0.5, 0.6) is 0 Å². The summed E-state index contributed by atoms with van der Waals surface area (Å²) in [6.07, 6.45) is 0. The molecule has 1 rings (SSSR count). The number of carboxylic acids is 1. The monoisotopic (exact) mass is 207 g/mol. The van der Waals surface area contributed by atoms with Crippen LogP contribution in [0.3, 0.4) is 0 Å². The number of hydrogen-bond acceptors (Lipinski definition) is 2. The number of rotatable bonds is 4. The topological polar surface area (TPSA) is 49.3 Å². The first-order valence-corrected chi connectivity index (χ1v) is 5.03. The van der Waals surface area contributed by atoms with Crippen molar-refractivity contribution in [2.45, 2.75) is 26.8 Å². The molecule has 0 saturated heterocycles. The van der Waals surface area contributed by atoms with Gasteiger partial charge in [0.2, 0.25) is 0 Å². The van der Waals surface area contributed by atoms with Gasteiger partial charge >= 0.3 is 5.97 Å². The molecule has 82 valence electrons. The largest absolute Gasteiger partial charge is 0.480 e. The minimum atomic E-state index is -0.827. The van der Waals surface area contributed by atoms with Gasteiger partial charge in [0.1, 0.15) is 0 Å². The van der Waals surface area contributed by atoms with Gasteiger partial charge in [0.25, 0.3) is 0 Å². The van der Waals surface area contributed by atoms with Crippen molar-refractivity contribution in [1.82, 2.24) is 5.32 Å². The normalized spacial score (nSPS) is 12.5. The SMILES string of the molecule is Cc1ccc(C(C)NCC(=O)O)c(C)c1. The molecule has 0 bridgehead atoms. The highest BCUT2D eigenvalue weighted by Gasteiger charge is 2.08. The van der Waals surface area contributed by atoms with Crippen LogP contribution in [0.1, 0.15) is 29.7 Å². The molecule has 0 amide bonds. The van der Waals surface area contributed by atoms with E-state index in [1.807, 2.05) is 32.9 Å². The lowest BCUT2D eigenvalue weighted by Gasteiger charge is -2.15. The van der Waals surface area contributed by atoms with Gasteiger partial charge in [0.05, 0.1) is 6.54 Å². The Morgan fingerprint density at radius 2 is 2.13 bits per heavy atom. The zero-order valence-corrected chi connectivity index (χ0v) is 9.37. The van der Waals surface area contributed by atoms with E-state index in [0.29, 0.717) is 0 Å². The number of aliphatic carboxylic acids is 1. The Morgan fingerprint density at radius 3 is 2.67 bits per heavy atom. The second-order valence-corrected chi connectivity index (χ2v) is 3.86. The third-order valence-electron chi connectivity index (χ3n) is 2.45. The molecule has 1 aromatic rings. The second kappa shape index (κ2) is 4.94. The summed E-state index contributed by atoms with van der Waals surface area (Å²) in [6.45, 7) is 6.06. The number of carboxylic acid groups (broad SMARTS) is 1. The quantitative estimate of drug-likeness (QED) is 0.794. The van der Waals surface area contributed by atoms with E-state index in [1.54, 1.807) is 0 Å². The molecule has 15 heavy (non-hydrogen) atoms. The lowest BCUT2D eigenvalue weighted by atomic mass is 10.0. The number of benzene rings is 1. The fourth-order valence-electron chi connectivity index (χ4n) is 1.66. The van der Waals surface area contributed by atoms with Crippen molar-refractivity contribution < 1.29 is 9.90 Å². The molecule has 0 fully saturated rings. The summed E-state index contributed by atoms with van der Waals surface area (Å²) >= 11 is 0. The van der Waals surface area contributed by atoms with Gasteiger partial charge in [-0.1, -0.05) is 23.8 Å². The highest BCUT2D eigenvalue weighted by Crippen LogP contribution is 2.18. The van der Waals surface area contributed by atoms with Crippen molar-refractivity contribution in [2.75, 3.05) is 6.54 Å². The van der Waals surface area contributed by atoms with Gasteiger partial charge in [0, 0.05) is 6.04 Å². The minimum Gasteiger partial charge on any atom is -0.480 e. The van der Waals surface area contributed by atoms with Gasteiger partial charge in [-0.15, -0.1) is 0 Å². The van der Waals surface area contributed by atoms with E-state index >= 15 is 0 Å². The number of hydrogen-bond donors (Lipinski definition) is 2. The first kappa shape index (κ1) is 11.7. The van der Waals surface area contributed by atoms with Crippen molar-refractivity contribution in [3.63, 3.8) is 0 Å². The Hall–Kier alpha value is -1.35. The van der Waals surface area contributed by atoms with Gasteiger partial charge in [-0.3, -0.25) is 4.79 Å². The average Bonchev–Trinajstić information content (AvgIpc) is 2.14. The third kappa shape index (κ3) is 3.36. The van der Waals surface area contributed by atoms with Crippen molar-refractivity contribution in [3.05, 3.63) is 34.9 Å². The van der Waals surface area contributed by atoms with E-state index in [4.69, 9.17) is 5.11 Å². The molecule has 0 aliphatic rings. The molecule has 1 aromatic carbocycles. The summed E-state index contributed by atoms with van der Waals surface area (Å²) in [7, 11) is 0. The number of carbonyl (C=O) groups is 1. The number of nitrogens with one attached hydrogen (secondary N) is 1.